The Morgan fingerprint density at radius 2 is 1.77 bits per heavy atom. The number of nitrogens with zero attached hydrogens (tertiary/aromatic N) is 2. The lowest BCUT2D eigenvalue weighted by molar-refractivity contribution is -0.196. The van der Waals surface area contributed by atoms with Crippen molar-refractivity contribution in [3.8, 4) is 0 Å². The Morgan fingerprint density at radius 3 is 2.72 bits per heavy atom. The minimum atomic E-state index is -0.0145. The fraction of sp³-hybridized carbons (Fsp3) is 0.500. The first-order valence-electron chi connectivity index (χ1n) is 18.6. The predicted molar refractivity (Wildman–Crippen MR) is 182 cm³/mol. The molecule has 1 spiro atoms. The van der Waals surface area contributed by atoms with Gasteiger partial charge in [-0.05, 0) is 119 Å². The van der Waals surface area contributed by atoms with E-state index in [-0.39, 0.29) is 29.6 Å². The summed E-state index contributed by atoms with van der Waals surface area (Å²) in [5.41, 5.74) is 6.85. The van der Waals surface area contributed by atoms with Crippen molar-refractivity contribution in [2.24, 2.45) is 23.2 Å². The van der Waals surface area contributed by atoms with Crippen LogP contribution in [0.1, 0.15) is 95.1 Å². The quantitative estimate of drug-likeness (QED) is 0.306. The van der Waals surface area contributed by atoms with E-state index >= 15 is 0 Å². The standard InChI is InChI=1S/C42H46N2O3/c1-5-16-36-29(11-1)42(31-22-20-27(25-40(31)45-36)33-13-9-10-24-43-33)30-12-2-6-17-37(30)46-41-26-28(21-23-32(41)42)44-34-14-3-7-18-38(34)47-39-19-8-4-15-35(39)44/h5,7,9-10,12-13,16-18,20,22,24,26-27,29,31-32,36,40-41H,1-4,6,8,11,14-15,19,21,23,25H2. The van der Waals surface area contributed by atoms with Gasteiger partial charge in [0.1, 0.15) is 23.4 Å². The molecular formula is C42H46N2O3. The summed E-state index contributed by atoms with van der Waals surface area (Å²) >= 11 is 0. The van der Waals surface area contributed by atoms with Crippen molar-refractivity contribution in [3.63, 3.8) is 0 Å². The highest BCUT2D eigenvalue weighted by molar-refractivity contribution is 5.46. The molecular weight excluding hydrogens is 580 g/mol. The van der Waals surface area contributed by atoms with Gasteiger partial charge in [-0.3, -0.25) is 4.98 Å². The Hall–Kier alpha value is -3.57. The summed E-state index contributed by atoms with van der Waals surface area (Å²) in [6.07, 6.45) is 38.5. The highest BCUT2D eigenvalue weighted by Crippen LogP contribution is 2.67. The molecule has 47 heavy (non-hydrogen) atoms. The third kappa shape index (κ3) is 4.34. The first-order chi connectivity index (χ1) is 23.3. The number of allylic oxidation sites excluding steroid dienone is 11. The molecule has 9 aliphatic rings. The van der Waals surface area contributed by atoms with Crippen LogP contribution in [0.4, 0.5) is 0 Å². The second kappa shape index (κ2) is 11.3. The summed E-state index contributed by atoms with van der Waals surface area (Å²) in [5, 5.41) is 0. The number of aromatic nitrogens is 1. The second-order valence-corrected chi connectivity index (χ2v) is 15.1. The van der Waals surface area contributed by atoms with Gasteiger partial charge in [-0.25, -0.2) is 0 Å². The zero-order valence-electron chi connectivity index (χ0n) is 27.4. The Kier molecular flexibility index (Phi) is 6.81. The van der Waals surface area contributed by atoms with E-state index < -0.39 is 0 Å². The van der Waals surface area contributed by atoms with Crippen molar-refractivity contribution in [2.75, 3.05) is 0 Å². The highest BCUT2D eigenvalue weighted by atomic mass is 16.5. The molecule has 8 unspecified atom stereocenters. The van der Waals surface area contributed by atoms with Crippen molar-refractivity contribution < 1.29 is 14.2 Å². The van der Waals surface area contributed by atoms with Crippen molar-refractivity contribution in [1.29, 1.82) is 0 Å². The number of rotatable bonds is 2. The molecule has 6 aliphatic carbocycles. The smallest absolute Gasteiger partial charge is 0.146 e. The predicted octanol–water partition coefficient (Wildman–Crippen LogP) is 9.44. The maximum absolute atomic E-state index is 7.18. The molecule has 0 saturated carbocycles. The van der Waals surface area contributed by atoms with Gasteiger partial charge in [0.25, 0.3) is 0 Å². The first-order valence-corrected chi connectivity index (χ1v) is 18.6. The van der Waals surface area contributed by atoms with Crippen molar-refractivity contribution >= 4 is 0 Å². The van der Waals surface area contributed by atoms with Gasteiger partial charge in [-0.1, -0.05) is 42.5 Å². The van der Waals surface area contributed by atoms with Crippen LogP contribution >= 0.6 is 0 Å². The lowest BCUT2D eigenvalue weighted by Gasteiger charge is -2.64. The van der Waals surface area contributed by atoms with Crippen LogP contribution < -0.4 is 0 Å². The lowest BCUT2D eigenvalue weighted by Crippen LogP contribution is -2.64. The molecule has 0 amide bonds. The number of hydrogen-bond acceptors (Lipinski definition) is 5. The highest BCUT2D eigenvalue weighted by Gasteiger charge is 2.65. The minimum Gasteiger partial charge on any atom is -0.486 e. The van der Waals surface area contributed by atoms with Gasteiger partial charge in [0, 0.05) is 47.2 Å². The summed E-state index contributed by atoms with van der Waals surface area (Å²) in [7, 11) is 0. The molecule has 4 heterocycles. The van der Waals surface area contributed by atoms with Gasteiger partial charge in [-0.2, -0.15) is 0 Å². The topological polar surface area (TPSA) is 43.8 Å². The molecule has 0 radical (unpaired) electrons. The van der Waals surface area contributed by atoms with Crippen molar-refractivity contribution in [2.45, 2.75) is 108 Å². The van der Waals surface area contributed by atoms with E-state index in [1.54, 1.807) is 0 Å². The maximum Gasteiger partial charge on any atom is 0.146 e. The minimum absolute atomic E-state index is 0.0145. The van der Waals surface area contributed by atoms with Crippen LogP contribution in [0.15, 0.2) is 119 Å². The van der Waals surface area contributed by atoms with Gasteiger partial charge in [0.2, 0.25) is 0 Å². The van der Waals surface area contributed by atoms with Gasteiger partial charge in [-0.15, -0.1) is 0 Å². The molecule has 5 nitrogen and oxygen atoms in total. The third-order valence-corrected chi connectivity index (χ3v) is 12.8. The Bertz CT molecular complexity index is 1710. The molecule has 2 fully saturated rings. The molecule has 242 valence electrons. The summed E-state index contributed by atoms with van der Waals surface area (Å²) in [5.74, 6) is 4.88. The molecule has 0 bridgehead atoms. The van der Waals surface area contributed by atoms with Crippen LogP contribution in [-0.4, -0.2) is 28.2 Å². The molecule has 2 saturated heterocycles. The summed E-state index contributed by atoms with van der Waals surface area (Å²) < 4.78 is 20.9. The SMILES string of the molecule is C1=CC2=C(CC1)N(C1=CC3OC4=CCCC=C4C4(C5C=CC(c6ccccn6)CC5OC5C=CCCC54)C3CC1)C1=C(CCCC1)O2. The van der Waals surface area contributed by atoms with Gasteiger partial charge in [0.05, 0.1) is 23.6 Å². The van der Waals surface area contributed by atoms with E-state index in [0.29, 0.717) is 17.8 Å². The number of fused-ring (bicyclic) bond motifs is 8. The van der Waals surface area contributed by atoms with Crippen LogP contribution in [0.25, 0.3) is 0 Å². The Morgan fingerprint density at radius 1 is 0.830 bits per heavy atom. The normalized spacial score (nSPS) is 38.4. The van der Waals surface area contributed by atoms with Gasteiger partial charge in [0.15, 0.2) is 0 Å². The average molecular weight is 627 g/mol. The number of ether oxygens (including phenoxy) is 3. The van der Waals surface area contributed by atoms with Crippen LogP contribution in [0.3, 0.4) is 0 Å². The van der Waals surface area contributed by atoms with Crippen LogP contribution in [0, 0.1) is 23.2 Å². The maximum atomic E-state index is 7.18. The van der Waals surface area contributed by atoms with Crippen LogP contribution in [-0.2, 0) is 14.2 Å². The van der Waals surface area contributed by atoms with Gasteiger partial charge < -0.3 is 19.1 Å². The van der Waals surface area contributed by atoms with E-state index in [1.165, 1.54) is 47.7 Å². The molecule has 3 aliphatic heterocycles. The third-order valence-electron chi connectivity index (χ3n) is 12.8. The van der Waals surface area contributed by atoms with E-state index in [4.69, 9.17) is 19.2 Å². The molecule has 5 heteroatoms. The zero-order chi connectivity index (χ0) is 31.0. The van der Waals surface area contributed by atoms with E-state index in [0.717, 1.165) is 81.4 Å². The van der Waals surface area contributed by atoms with Crippen LogP contribution in [0.5, 0.6) is 0 Å². The molecule has 1 aromatic rings. The van der Waals surface area contributed by atoms with Crippen LogP contribution in [0.2, 0.25) is 0 Å². The summed E-state index contributed by atoms with van der Waals surface area (Å²) in [6.45, 7) is 0. The number of hydrogen-bond donors (Lipinski definition) is 0. The average Bonchev–Trinajstić information content (AvgIpc) is 3.13. The lowest BCUT2D eigenvalue weighted by atomic mass is 9.46. The van der Waals surface area contributed by atoms with Crippen molar-refractivity contribution in [3.05, 3.63) is 125 Å². The molecule has 0 aromatic carbocycles. The van der Waals surface area contributed by atoms with E-state index in [2.05, 4.69) is 71.7 Å². The molecule has 0 N–H and O–H groups in total. The fourth-order valence-electron chi connectivity index (χ4n) is 11.0. The summed E-state index contributed by atoms with van der Waals surface area (Å²) in [6, 6.07) is 6.32. The fourth-order valence-corrected chi connectivity index (χ4v) is 11.0. The molecule has 1 aromatic heterocycles. The largest absolute Gasteiger partial charge is 0.486 e. The Balaban J connectivity index is 1.10. The van der Waals surface area contributed by atoms with Crippen molar-refractivity contribution in [1.82, 2.24) is 9.88 Å². The monoisotopic (exact) mass is 626 g/mol. The first kappa shape index (κ1) is 28.4. The van der Waals surface area contributed by atoms with E-state index in [9.17, 15) is 0 Å². The second-order valence-electron chi connectivity index (χ2n) is 15.1. The molecule has 10 rings (SSSR count). The summed E-state index contributed by atoms with van der Waals surface area (Å²) in [4.78, 5) is 7.43. The van der Waals surface area contributed by atoms with E-state index in [1.807, 2.05) is 12.3 Å². The number of pyridine rings is 1. The zero-order valence-corrected chi connectivity index (χ0v) is 27.4. The van der Waals surface area contributed by atoms with Gasteiger partial charge >= 0.3 is 0 Å². The Labute approximate surface area is 279 Å². The molecule has 8 atom stereocenters.